The van der Waals surface area contributed by atoms with Crippen molar-refractivity contribution in [3.63, 3.8) is 0 Å². The zero-order chi connectivity index (χ0) is 38.6. The highest BCUT2D eigenvalue weighted by Crippen LogP contribution is 2.57. The van der Waals surface area contributed by atoms with Crippen molar-refractivity contribution in [3.05, 3.63) is 88.9 Å². The van der Waals surface area contributed by atoms with Crippen LogP contribution in [0.4, 0.5) is 4.79 Å². The van der Waals surface area contributed by atoms with Crippen molar-refractivity contribution in [2.24, 2.45) is 0 Å². The molecule has 1 atom stereocenters. The van der Waals surface area contributed by atoms with Gasteiger partial charge in [-0.1, -0.05) is 65.8 Å². The number of phosphoric acid groups is 1. The van der Waals surface area contributed by atoms with Crippen LogP contribution in [-0.2, 0) is 40.6 Å². The van der Waals surface area contributed by atoms with Gasteiger partial charge in [-0.2, -0.15) is 0 Å². The Hall–Kier alpha value is -2.56. The molecule has 0 saturated carbocycles. The van der Waals surface area contributed by atoms with Crippen molar-refractivity contribution >= 4 is 37.3 Å². The van der Waals surface area contributed by atoms with Gasteiger partial charge in [-0.3, -0.25) is 18.5 Å². The van der Waals surface area contributed by atoms with E-state index in [1.165, 1.54) is 0 Å². The van der Waals surface area contributed by atoms with E-state index in [9.17, 15) is 9.36 Å². The van der Waals surface area contributed by atoms with Crippen LogP contribution in [0.25, 0.3) is 0 Å². The molecule has 1 unspecified atom stereocenters. The van der Waals surface area contributed by atoms with E-state index in [1.807, 2.05) is 93.6 Å². The zero-order valence-corrected chi connectivity index (χ0v) is 34.9. The number of aryl methyl sites for hydroxylation is 1. The molecule has 0 N–H and O–H groups in total. The van der Waals surface area contributed by atoms with Crippen LogP contribution in [0.15, 0.2) is 82.6 Å². The number of hydrogen-bond donors (Lipinski definition) is 0. The first-order chi connectivity index (χ1) is 24.0. The summed E-state index contributed by atoms with van der Waals surface area (Å²) in [5.74, 6) is 0.783. The molecule has 0 aliphatic carbocycles. The van der Waals surface area contributed by atoms with Crippen LogP contribution in [0.3, 0.4) is 0 Å². The summed E-state index contributed by atoms with van der Waals surface area (Å²) in [6.45, 7) is 20.1. The second-order valence-corrected chi connectivity index (χ2v) is 19.6. The average molecular weight is 776 g/mol. The van der Waals surface area contributed by atoms with Crippen molar-refractivity contribution in [1.29, 1.82) is 0 Å². The van der Waals surface area contributed by atoms with Crippen LogP contribution in [0.1, 0.15) is 93.7 Å². The van der Waals surface area contributed by atoms with E-state index in [4.69, 9.17) is 39.4 Å². The maximum absolute atomic E-state index is 14.2. The monoisotopic (exact) mass is 775 g/mol. The molecule has 4 rings (SSSR count). The molecule has 52 heavy (non-hydrogen) atoms. The molecular formula is C40H55ClNO8PS. The molecular weight excluding hydrogens is 721 g/mol. The SMILES string of the molecule is CC(C)(C)OC(=O)N1C(CCc2ccc(Sc3cccc(OCc4ccccc4)c3)cc2Cl)(COP(=O)(OC(C)(C)C)OC(C)(C)C)COC1(C)C. The highest BCUT2D eigenvalue weighted by molar-refractivity contribution is 7.99. The first-order valence-electron chi connectivity index (χ1n) is 17.5. The third-order valence-corrected chi connectivity index (χ3v) is 11.0. The van der Waals surface area contributed by atoms with E-state index in [-0.39, 0.29) is 13.2 Å². The van der Waals surface area contributed by atoms with Gasteiger partial charge in [0.1, 0.15) is 23.7 Å². The van der Waals surface area contributed by atoms with Gasteiger partial charge in [0, 0.05) is 14.8 Å². The maximum atomic E-state index is 14.2. The predicted molar refractivity (Wildman–Crippen MR) is 207 cm³/mol. The number of ether oxygens (including phenoxy) is 3. The number of benzene rings is 3. The quantitative estimate of drug-likeness (QED) is 0.157. The molecule has 1 aliphatic rings. The number of amides is 1. The molecule has 1 amide bonds. The molecule has 12 heteroatoms. The topological polar surface area (TPSA) is 92.8 Å². The second kappa shape index (κ2) is 16.4. The fraction of sp³-hybridized carbons (Fsp3) is 0.525. The predicted octanol–water partition coefficient (Wildman–Crippen LogP) is 11.5. The molecule has 3 aromatic rings. The maximum Gasteiger partial charge on any atom is 0.475 e. The number of carbonyl (C=O) groups is 1. The van der Waals surface area contributed by atoms with Gasteiger partial charge >= 0.3 is 13.9 Å². The first-order valence-corrected chi connectivity index (χ1v) is 20.2. The average Bonchev–Trinajstić information content (AvgIpc) is 3.27. The van der Waals surface area contributed by atoms with Gasteiger partial charge in [0.25, 0.3) is 0 Å². The molecule has 1 fully saturated rings. The Bertz CT molecular complexity index is 1700. The number of phosphoric ester groups is 1. The summed E-state index contributed by atoms with van der Waals surface area (Å²) in [6.07, 6.45) is 0.238. The molecule has 1 aliphatic heterocycles. The Morgan fingerprint density at radius 3 is 2.10 bits per heavy atom. The number of hydrogen-bond acceptors (Lipinski definition) is 9. The summed E-state index contributed by atoms with van der Waals surface area (Å²) in [5.41, 5.74) is -2.65. The summed E-state index contributed by atoms with van der Waals surface area (Å²) >= 11 is 8.51. The van der Waals surface area contributed by atoms with E-state index in [2.05, 4.69) is 0 Å². The van der Waals surface area contributed by atoms with Crippen molar-refractivity contribution in [1.82, 2.24) is 4.90 Å². The van der Waals surface area contributed by atoms with Gasteiger partial charge < -0.3 is 14.2 Å². The summed E-state index contributed by atoms with van der Waals surface area (Å²) in [6, 6.07) is 24.0. The van der Waals surface area contributed by atoms with E-state index < -0.39 is 42.0 Å². The number of rotatable bonds is 13. The smallest absolute Gasteiger partial charge is 0.475 e. The van der Waals surface area contributed by atoms with Crippen molar-refractivity contribution in [2.75, 3.05) is 13.2 Å². The van der Waals surface area contributed by atoms with Gasteiger partial charge in [-0.15, -0.1) is 0 Å². The zero-order valence-electron chi connectivity index (χ0n) is 32.4. The summed E-state index contributed by atoms with van der Waals surface area (Å²) in [5, 5.41) is 0.581. The minimum absolute atomic E-state index is 0.0958. The summed E-state index contributed by atoms with van der Waals surface area (Å²) in [4.78, 5) is 17.5. The van der Waals surface area contributed by atoms with Gasteiger partial charge in [0.15, 0.2) is 0 Å². The summed E-state index contributed by atoms with van der Waals surface area (Å²) in [7, 11) is -4.14. The Labute approximate surface area is 319 Å². The lowest BCUT2D eigenvalue weighted by Gasteiger charge is -2.43. The van der Waals surface area contributed by atoms with E-state index in [0.717, 1.165) is 26.7 Å². The summed E-state index contributed by atoms with van der Waals surface area (Å²) < 4.78 is 50.4. The molecule has 9 nitrogen and oxygen atoms in total. The Morgan fingerprint density at radius 1 is 0.865 bits per heavy atom. The highest BCUT2D eigenvalue weighted by atomic mass is 35.5. The van der Waals surface area contributed by atoms with Crippen LogP contribution >= 0.6 is 31.2 Å². The van der Waals surface area contributed by atoms with E-state index in [0.29, 0.717) is 24.5 Å². The van der Waals surface area contributed by atoms with Crippen LogP contribution in [0, 0.1) is 0 Å². The molecule has 0 bridgehead atoms. The number of halogens is 1. The fourth-order valence-corrected chi connectivity index (χ4v) is 8.83. The fourth-order valence-electron chi connectivity index (χ4n) is 5.70. The van der Waals surface area contributed by atoms with Crippen molar-refractivity contribution in [3.8, 4) is 5.75 Å². The first kappa shape index (κ1) is 42.2. The lowest BCUT2D eigenvalue weighted by atomic mass is 9.91. The van der Waals surface area contributed by atoms with Crippen LogP contribution in [-0.4, -0.2) is 52.3 Å². The van der Waals surface area contributed by atoms with Gasteiger partial charge in [-0.05, 0) is 130 Å². The van der Waals surface area contributed by atoms with Crippen molar-refractivity contribution in [2.45, 2.75) is 133 Å². The molecule has 3 aromatic carbocycles. The lowest BCUT2D eigenvalue weighted by molar-refractivity contribution is -0.0765. The molecule has 0 aromatic heterocycles. The minimum Gasteiger partial charge on any atom is -0.489 e. The standard InChI is InChI=1S/C40H55ClNO8PS/c1-36(2,3)48-35(43)42-39(10,11)46-27-40(42,28-47-51(44,49-37(4,5)6)50-38(7,8)9)23-22-30-20-21-33(25-34(30)41)52-32-19-15-18-31(24-32)45-26-29-16-13-12-14-17-29/h12-21,24-25H,22-23,26-28H2,1-11H3. The van der Waals surface area contributed by atoms with Gasteiger partial charge in [0.05, 0.1) is 30.0 Å². The van der Waals surface area contributed by atoms with Gasteiger partial charge in [0.2, 0.25) is 0 Å². The number of carbonyl (C=O) groups excluding carboxylic acids is 1. The normalized spacial score (nSPS) is 18.0. The Kier molecular flexibility index (Phi) is 13.3. The third kappa shape index (κ3) is 12.5. The Morgan fingerprint density at radius 2 is 1.50 bits per heavy atom. The van der Waals surface area contributed by atoms with Crippen molar-refractivity contribution < 1.29 is 37.1 Å². The van der Waals surface area contributed by atoms with Crippen LogP contribution < -0.4 is 4.74 Å². The van der Waals surface area contributed by atoms with Gasteiger partial charge in [-0.25, -0.2) is 9.36 Å². The molecule has 0 radical (unpaired) electrons. The minimum atomic E-state index is -4.14. The second-order valence-electron chi connectivity index (χ2n) is 16.5. The largest absolute Gasteiger partial charge is 0.489 e. The van der Waals surface area contributed by atoms with Crippen LogP contribution in [0.5, 0.6) is 5.75 Å². The molecule has 286 valence electrons. The van der Waals surface area contributed by atoms with Crippen LogP contribution in [0.2, 0.25) is 5.02 Å². The molecule has 0 spiro atoms. The van der Waals surface area contributed by atoms with E-state index >= 15 is 0 Å². The Balaban J connectivity index is 1.57. The molecule has 1 saturated heterocycles. The third-order valence-electron chi connectivity index (χ3n) is 7.72. The van der Waals surface area contributed by atoms with E-state index in [1.54, 1.807) is 72.1 Å². The molecule has 1 heterocycles. The lowest BCUT2D eigenvalue weighted by Crippen LogP contribution is -2.59. The number of nitrogens with zero attached hydrogens (tertiary/aromatic N) is 1. The highest BCUT2D eigenvalue weighted by Gasteiger charge is 2.56.